The summed E-state index contributed by atoms with van der Waals surface area (Å²) in [4.78, 5) is 0. The minimum Gasteiger partial charge on any atom is -0.113 e. The summed E-state index contributed by atoms with van der Waals surface area (Å²) in [5.74, 6) is 0. The van der Waals surface area contributed by atoms with Crippen molar-refractivity contribution in [3.05, 3.63) is 68.2 Å². The van der Waals surface area contributed by atoms with Gasteiger partial charge in [0.2, 0.25) is 0 Å². The van der Waals surface area contributed by atoms with Crippen molar-refractivity contribution in [2.24, 2.45) is 0 Å². The van der Waals surface area contributed by atoms with Crippen LogP contribution in [-0.4, -0.2) is 0 Å². The van der Waals surface area contributed by atoms with E-state index in [9.17, 15) is 0 Å². The average molecular weight is 338 g/mol. The maximum Gasteiger partial charge on any atom is 0.0838 e. The molecule has 2 aromatic rings. The van der Waals surface area contributed by atoms with Crippen molar-refractivity contribution in [1.82, 2.24) is 0 Å². The van der Waals surface area contributed by atoms with Crippen molar-refractivity contribution in [3.63, 3.8) is 0 Å². The van der Waals surface area contributed by atoms with E-state index in [-0.39, 0.29) is 5.38 Å². The summed E-state index contributed by atoms with van der Waals surface area (Å²) in [6, 6.07) is 10.8. The first kappa shape index (κ1) is 14.6. The number of aryl methyl sites for hydroxylation is 4. The van der Waals surface area contributed by atoms with E-state index in [1.165, 1.54) is 33.4 Å². The molecule has 0 heterocycles. The van der Waals surface area contributed by atoms with Crippen LogP contribution in [0, 0.1) is 27.7 Å². The van der Waals surface area contributed by atoms with E-state index in [0.717, 1.165) is 4.47 Å². The molecule has 0 aromatic heterocycles. The fourth-order valence-electron chi connectivity index (χ4n) is 2.41. The van der Waals surface area contributed by atoms with Gasteiger partial charge in [-0.05, 0) is 56.0 Å². The van der Waals surface area contributed by atoms with E-state index in [2.05, 4.69) is 74.0 Å². The molecule has 0 fully saturated rings. The van der Waals surface area contributed by atoms with Gasteiger partial charge in [0.1, 0.15) is 0 Å². The van der Waals surface area contributed by atoms with Crippen LogP contribution in [0.1, 0.15) is 38.8 Å². The van der Waals surface area contributed by atoms with Crippen molar-refractivity contribution in [2.45, 2.75) is 33.1 Å². The molecule has 0 aliphatic heterocycles. The molecule has 0 aliphatic rings. The van der Waals surface area contributed by atoms with E-state index in [1.807, 2.05) is 0 Å². The van der Waals surface area contributed by atoms with Crippen LogP contribution in [0.5, 0.6) is 0 Å². The van der Waals surface area contributed by atoms with Crippen LogP contribution >= 0.6 is 27.5 Å². The summed E-state index contributed by atoms with van der Waals surface area (Å²) in [7, 11) is 0. The van der Waals surface area contributed by atoms with Gasteiger partial charge in [0.05, 0.1) is 5.38 Å². The zero-order valence-electron chi connectivity index (χ0n) is 11.7. The summed E-state index contributed by atoms with van der Waals surface area (Å²) in [6.45, 7) is 8.43. The van der Waals surface area contributed by atoms with Gasteiger partial charge < -0.3 is 0 Å². The molecule has 2 heteroatoms. The van der Waals surface area contributed by atoms with Gasteiger partial charge in [0.25, 0.3) is 0 Å². The van der Waals surface area contributed by atoms with Gasteiger partial charge in [0, 0.05) is 4.47 Å². The second-order valence-electron chi connectivity index (χ2n) is 5.24. The van der Waals surface area contributed by atoms with Crippen LogP contribution in [-0.2, 0) is 0 Å². The molecule has 0 nitrogen and oxygen atoms in total. The molecular weight excluding hydrogens is 320 g/mol. The van der Waals surface area contributed by atoms with Gasteiger partial charge in [-0.3, -0.25) is 0 Å². The predicted octanol–water partition coefficient (Wildman–Crippen LogP) is 6.01. The van der Waals surface area contributed by atoms with Gasteiger partial charge in [-0.25, -0.2) is 0 Å². The standard InChI is InChI=1S/C17H18BrCl/c1-10-5-11(2)7-14(6-10)17(19)15-8-13(4)16(18)9-12(15)3/h5-9,17H,1-4H3. The SMILES string of the molecule is Cc1cc(C)cc(C(Cl)c2cc(C)c(Br)cc2C)c1. The monoisotopic (exact) mass is 336 g/mol. The smallest absolute Gasteiger partial charge is 0.0838 e. The van der Waals surface area contributed by atoms with E-state index in [0.29, 0.717) is 0 Å². The zero-order chi connectivity index (χ0) is 14.2. The van der Waals surface area contributed by atoms with E-state index in [1.54, 1.807) is 0 Å². The fourth-order valence-corrected chi connectivity index (χ4v) is 3.23. The number of alkyl halides is 1. The fraction of sp³-hybridized carbons (Fsp3) is 0.294. The average Bonchev–Trinajstić information content (AvgIpc) is 2.31. The predicted molar refractivity (Wildman–Crippen MR) is 87.2 cm³/mol. The van der Waals surface area contributed by atoms with Crippen LogP contribution in [0.3, 0.4) is 0 Å². The van der Waals surface area contributed by atoms with Crippen molar-refractivity contribution in [2.75, 3.05) is 0 Å². The molecule has 0 saturated carbocycles. The molecule has 0 radical (unpaired) electrons. The molecule has 0 saturated heterocycles. The highest BCUT2D eigenvalue weighted by Gasteiger charge is 2.15. The molecule has 0 N–H and O–H groups in total. The van der Waals surface area contributed by atoms with Crippen molar-refractivity contribution in [3.8, 4) is 0 Å². The molecule has 0 spiro atoms. The van der Waals surface area contributed by atoms with Crippen molar-refractivity contribution >= 4 is 27.5 Å². The Kier molecular flexibility index (Phi) is 4.37. The molecule has 1 unspecified atom stereocenters. The zero-order valence-corrected chi connectivity index (χ0v) is 14.1. The summed E-state index contributed by atoms with van der Waals surface area (Å²) in [5, 5.41) is -0.0922. The summed E-state index contributed by atoms with van der Waals surface area (Å²) in [5.41, 5.74) is 7.31. The van der Waals surface area contributed by atoms with E-state index >= 15 is 0 Å². The Balaban J connectivity index is 2.49. The lowest BCUT2D eigenvalue weighted by Crippen LogP contribution is -1.99. The van der Waals surface area contributed by atoms with Crippen LogP contribution in [0.2, 0.25) is 0 Å². The minimum atomic E-state index is -0.0922. The molecule has 19 heavy (non-hydrogen) atoms. The Hall–Kier alpha value is -0.790. The molecule has 0 aliphatic carbocycles. The third kappa shape index (κ3) is 3.21. The molecule has 2 rings (SSSR count). The first-order valence-corrected chi connectivity index (χ1v) is 7.60. The number of halogens is 2. The number of hydrogen-bond acceptors (Lipinski definition) is 0. The number of rotatable bonds is 2. The minimum absolute atomic E-state index is 0.0922. The molecule has 0 amide bonds. The third-order valence-corrected chi connectivity index (χ3v) is 4.70. The Labute approximate surface area is 128 Å². The normalized spacial score (nSPS) is 12.5. The highest BCUT2D eigenvalue weighted by molar-refractivity contribution is 9.10. The Morgan fingerprint density at radius 2 is 1.42 bits per heavy atom. The second kappa shape index (κ2) is 5.68. The number of hydrogen-bond donors (Lipinski definition) is 0. The first-order chi connectivity index (χ1) is 8.88. The van der Waals surface area contributed by atoms with Gasteiger partial charge in [-0.2, -0.15) is 0 Å². The van der Waals surface area contributed by atoms with Crippen molar-refractivity contribution < 1.29 is 0 Å². The Morgan fingerprint density at radius 3 is 2.00 bits per heavy atom. The first-order valence-electron chi connectivity index (χ1n) is 6.37. The van der Waals surface area contributed by atoms with E-state index in [4.69, 9.17) is 11.6 Å². The van der Waals surface area contributed by atoms with Crippen LogP contribution < -0.4 is 0 Å². The van der Waals surface area contributed by atoms with Crippen LogP contribution in [0.15, 0.2) is 34.8 Å². The van der Waals surface area contributed by atoms with Gasteiger partial charge in [-0.15, -0.1) is 11.6 Å². The lowest BCUT2D eigenvalue weighted by Gasteiger charge is -2.16. The van der Waals surface area contributed by atoms with Crippen LogP contribution in [0.25, 0.3) is 0 Å². The van der Waals surface area contributed by atoms with Gasteiger partial charge in [0.15, 0.2) is 0 Å². The molecule has 0 bridgehead atoms. The van der Waals surface area contributed by atoms with Crippen LogP contribution in [0.4, 0.5) is 0 Å². The molecule has 1 atom stereocenters. The lowest BCUT2D eigenvalue weighted by atomic mass is 9.96. The summed E-state index contributed by atoms with van der Waals surface area (Å²) in [6.07, 6.45) is 0. The second-order valence-corrected chi connectivity index (χ2v) is 6.53. The lowest BCUT2D eigenvalue weighted by molar-refractivity contribution is 1.09. The number of benzene rings is 2. The Bertz CT molecular complexity index is 597. The van der Waals surface area contributed by atoms with Crippen molar-refractivity contribution in [1.29, 1.82) is 0 Å². The topological polar surface area (TPSA) is 0 Å². The summed E-state index contributed by atoms with van der Waals surface area (Å²) < 4.78 is 1.14. The molecule has 100 valence electrons. The summed E-state index contributed by atoms with van der Waals surface area (Å²) >= 11 is 10.3. The van der Waals surface area contributed by atoms with Gasteiger partial charge >= 0.3 is 0 Å². The quantitative estimate of drug-likeness (QED) is 0.589. The Morgan fingerprint density at radius 1 is 0.842 bits per heavy atom. The van der Waals surface area contributed by atoms with Gasteiger partial charge in [-0.1, -0.05) is 51.3 Å². The maximum absolute atomic E-state index is 6.69. The highest BCUT2D eigenvalue weighted by Crippen LogP contribution is 2.34. The highest BCUT2D eigenvalue weighted by atomic mass is 79.9. The largest absolute Gasteiger partial charge is 0.113 e. The molecule has 2 aromatic carbocycles. The third-order valence-electron chi connectivity index (χ3n) is 3.36. The maximum atomic E-state index is 6.69. The molecular formula is C17H18BrCl. The van der Waals surface area contributed by atoms with E-state index < -0.39 is 0 Å².